The molecule has 0 aliphatic carbocycles. The second-order valence-electron chi connectivity index (χ2n) is 6.91. The molecule has 8 heteroatoms. The topological polar surface area (TPSA) is 105 Å². The molecule has 1 aliphatic heterocycles. The van der Waals surface area contributed by atoms with Gasteiger partial charge in [0.15, 0.2) is 0 Å². The highest BCUT2D eigenvalue weighted by Gasteiger charge is 2.35. The first kappa shape index (κ1) is 20.3. The molecule has 2 N–H and O–H groups in total. The average molecular weight is 396 g/mol. The van der Waals surface area contributed by atoms with Gasteiger partial charge >= 0.3 is 0 Å². The van der Waals surface area contributed by atoms with E-state index in [1.54, 1.807) is 17.0 Å². The molecule has 0 aromatic heterocycles. The van der Waals surface area contributed by atoms with E-state index < -0.39 is 4.92 Å². The molecule has 1 saturated heterocycles. The molecule has 3 rings (SSSR count). The zero-order chi connectivity index (χ0) is 20.8. The molecule has 1 heterocycles. The first-order chi connectivity index (χ1) is 14.0. The fraction of sp³-hybridized carbons (Fsp3) is 0.333. The van der Waals surface area contributed by atoms with Gasteiger partial charge in [0.1, 0.15) is 0 Å². The van der Waals surface area contributed by atoms with Crippen molar-refractivity contribution in [2.45, 2.75) is 19.8 Å². The van der Waals surface area contributed by atoms with E-state index in [0.717, 1.165) is 23.4 Å². The van der Waals surface area contributed by atoms with E-state index in [0.29, 0.717) is 19.6 Å². The zero-order valence-electron chi connectivity index (χ0n) is 16.3. The van der Waals surface area contributed by atoms with Crippen LogP contribution >= 0.6 is 0 Å². The number of carbonyl (C=O) groups is 2. The standard InChI is InChI=1S/C21H24N4O4/c1-2-15-5-3-4-6-19(15)24-14-16(13-20(24)26)21(27)23-12-11-22-17-7-9-18(10-8-17)25(28)29/h3-10,16,22H,2,11-14H2,1H3,(H,23,27)/t16-/m0/s1. The van der Waals surface area contributed by atoms with Crippen molar-refractivity contribution in [2.24, 2.45) is 5.92 Å². The SMILES string of the molecule is CCc1ccccc1N1C[C@@H](C(=O)NCCNc2ccc([N+](=O)[O-])cc2)CC1=O. The van der Waals surface area contributed by atoms with Crippen molar-refractivity contribution in [2.75, 3.05) is 29.9 Å². The summed E-state index contributed by atoms with van der Waals surface area (Å²) in [6, 6.07) is 13.9. The zero-order valence-corrected chi connectivity index (χ0v) is 16.3. The minimum absolute atomic E-state index is 0.0314. The number of anilines is 2. The summed E-state index contributed by atoms with van der Waals surface area (Å²) in [7, 11) is 0. The fourth-order valence-electron chi connectivity index (χ4n) is 3.43. The number of hydrogen-bond acceptors (Lipinski definition) is 5. The molecule has 8 nitrogen and oxygen atoms in total. The van der Waals surface area contributed by atoms with Crippen LogP contribution in [0.4, 0.5) is 17.1 Å². The molecule has 29 heavy (non-hydrogen) atoms. The second-order valence-corrected chi connectivity index (χ2v) is 6.91. The number of nitrogens with zero attached hydrogens (tertiary/aromatic N) is 2. The van der Waals surface area contributed by atoms with Crippen LogP contribution in [0.3, 0.4) is 0 Å². The van der Waals surface area contributed by atoms with Crippen molar-refractivity contribution < 1.29 is 14.5 Å². The first-order valence-corrected chi connectivity index (χ1v) is 9.64. The van der Waals surface area contributed by atoms with Crippen LogP contribution in [0.15, 0.2) is 48.5 Å². The number of nitrogens with one attached hydrogen (secondary N) is 2. The second kappa shape index (κ2) is 9.18. The summed E-state index contributed by atoms with van der Waals surface area (Å²) in [5.41, 5.74) is 2.75. The van der Waals surface area contributed by atoms with Crippen molar-refractivity contribution in [3.05, 3.63) is 64.2 Å². The summed E-state index contributed by atoms with van der Waals surface area (Å²) in [5.74, 6) is -0.540. The van der Waals surface area contributed by atoms with E-state index >= 15 is 0 Å². The Bertz CT molecular complexity index is 898. The van der Waals surface area contributed by atoms with Gasteiger partial charge in [-0.05, 0) is 30.2 Å². The van der Waals surface area contributed by atoms with Crippen LogP contribution in [-0.2, 0) is 16.0 Å². The number of non-ortho nitro benzene ring substituents is 1. The van der Waals surface area contributed by atoms with E-state index in [-0.39, 0.29) is 29.8 Å². The Balaban J connectivity index is 1.47. The Kier molecular flexibility index (Phi) is 6.43. The number of hydrogen-bond donors (Lipinski definition) is 2. The number of rotatable bonds is 8. The number of aryl methyl sites for hydroxylation is 1. The minimum Gasteiger partial charge on any atom is -0.383 e. The molecule has 0 saturated carbocycles. The van der Waals surface area contributed by atoms with Crippen LogP contribution in [0.2, 0.25) is 0 Å². The van der Waals surface area contributed by atoms with Crippen molar-refractivity contribution in [3.63, 3.8) is 0 Å². The van der Waals surface area contributed by atoms with Gasteiger partial charge in [-0.2, -0.15) is 0 Å². The van der Waals surface area contributed by atoms with E-state index in [9.17, 15) is 19.7 Å². The van der Waals surface area contributed by atoms with Gasteiger partial charge in [0, 0.05) is 49.6 Å². The lowest BCUT2D eigenvalue weighted by molar-refractivity contribution is -0.384. The number of carbonyl (C=O) groups excluding carboxylic acids is 2. The van der Waals surface area contributed by atoms with Crippen LogP contribution in [0.1, 0.15) is 18.9 Å². The highest BCUT2D eigenvalue weighted by Crippen LogP contribution is 2.28. The van der Waals surface area contributed by atoms with Crippen molar-refractivity contribution >= 4 is 28.9 Å². The fourth-order valence-corrected chi connectivity index (χ4v) is 3.43. The minimum atomic E-state index is -0.449. The monoisotopic (exact) mass is 396 g/mol. The Morgan fingerprint density at radius 2 is 1.90 bits per heavy atom. The highest BCUT2D eigenvalue weighted by molar-refractivity contribution is 6.00. The van der Waals surface area contributed by atoms with Crippen LogP contribution in [0, 0.1) is 16.0 Å². The molecular weight excluding hydrogens is 372 g/mol. The third-order valence-corrected chi connectivity index (χ3v) is 4.99. The number of amides is 2. The summed E-state index contributed by atoms with van der Waals surface area (Å²) >= 11 is 0. The number of nitro groups is 1. The molecule has 0 spiro atoms. The van der Waals surface area contributed by atoms with E-state index in [1.165, 1.54) is 12.1 Å². The van der Waals surface area contributed by atoms with Crippen molar-refractivity contribution in [3.8, 4) is 0 Å². The largest absolute Gasteiger partial charge is 0.383 e. The average Bonchev–Trinajstić information content (AvgIpc) is 3.13. The van der Waals surface area contributed by atoms with Gasteiger partial charge in [0.25, 0.3) is 5.69 Å². The molecular formula is C21H24N4O4. The summed E-state index contributed by atoms with van der Waals surface area (Å²) < 4.78 is 0. The third kappa shape index (κ3) is 4.90. The highest BCUT2D eigenvalue weighted by atomic mass is 16.6. The predicted molar refractivity (Wildman–Crippen MR) is 111 cm³/mol. The molecule has 152 valence electrons. The van der Waals surface area contributed by atoms with Gasteiger partial charge < -0.3 is 15.5 Å². The van der Waals surface area contributed by atoms with Crippen LogP contribution in [0.25, 0.3) is 0 Å². The molecule has 2 aromatic carbocycles. The van der Waals surface area contributed by atoms with E-state index in [1.807, 2.05) is 31.2 Å². The lowest BCUT2D eigenvalue weighted by atomic mass is 10.1. The Hall–Kier alpha value is -3.42. The van der Waals surface area contributed by atoms with Gasteiger partial charge in [0.05, 0.1) is 10.8 Å². The molecule has 2 amide bonds. The smallest absolute Gasteiger partial charge is 0.269 e. The van der Waals surface area contributed by atoms with Crippen molar-refractivity contribution in [1.82, 2.24) is 5.32 Å². The van der Waals surface area contributed by atoms with E-state index in [2.05, 4.69) is 10.6 Å². The van der Waals surface area contributed by atoms with Gasteiger partial charge in [-0.15, -0.1) is 0 Å². The van der Waals surface area contributed by atoms with Gasteiger partial charge in [-0.1, -0.05) is 25.1 Å². The molecule has 0 bridgehead atoms. The maximum absolute atomic E-state index is 12.5. The van der Waals surface area contributed by atoms with Crippen LogP contribution < -0.4 is 15.5 Å². The maximum Gasteiger partial charge on any atom is 0.269 e. The number of para-hydroxylation sites is 1. The lowest BCUT2D eigenvalue weighted by Crippen LogP contribution is -2.35. The molecule has 1 atom stereocenters. The summed E-state index contributed by atoms with van der Waals surface area (Å²) in [6.45, 7) is 3.30. The molecule has 1 aliphatic rings. The van der Waals surface area contributed by atoms with E-state index in [4.69, 9.17) is 0 Å². The Labute approximate surface area is 169 Å². The van der Waals surface area contributed by atoms with Gasteiger partial charge in [0.2, 0.25) is 11.8 Å². The molecule has 0 unspecified atom stereocenters. The van der Waals surface area contributed by atoms with Gasteiger partial charge in [-0.3, -0.25) is 19.7 Å². The van der Waals surface area contributed by atoms with Crippen LogP contribution in [-0.4, -0.2) is 36.4 Å². The summed E-state index contributed by atoms with van der Waals surface area (Å²) in [4.78, 5) is 36.8. The molecule has 1 fully saturated rings. The van der Waals surface area contributed by atoms with Crippen LogP contribution in [0.5, 0.6) is 0 Å². The number of nitro benzene ring substituents is 1. The third-order valence-electron chi connectivity index (χ3n) is 4.99. The first-order valence-electron chi connectivity index (χ1n) is 9.64. The van der Waals surface area contributed by atoms with Gasteiger partial charge in [-0.25, -0.2) is 0 Å². The Morgan fingerprint density at radius 1 is 1.17 bits per heavy atom. The summed E-state index contributed by atoms with van der Waals surface area (Å²) in [6.07, 6.45) is 1.03. The summed E-state index contributed by atoms with van der Waals surface area (Å²) in [5, 5.41) is 16.6. The predicted octanol–water partition coefficient (Wildman–Crippen LogP) is 2.74. The molecule has 0 radical (unpaired) electrons. The lowest BCUT2D eigenvalue weighted by Gasteiger charge is -2.20. The molecule has 2 aromatic rings. The maximum atomic E-state index is 12.5. The normalized spacial score (nSPS) is 16.0. The number of benzene rings is 2. The van der Waals surface area contributed by atoms with Crippen molar-refractivity contribution in [1.29, 1.82) is 0 Å². The quantitative estimate of drug-likeness (QED) is 0.406. The Morgan fingerprint density at radius 3 is 2.59 bits per heavy atom.